The summed E-state index contributed by atoms with van der Waals surface area (Å²) in [5.41, 5.74) is 7.39. The summed E-state index contributed by atoms with van der Waals surface area (Å²) >= 11 is 0. The summed E-state index contributed by atoms with van der Waals surface area (Å²) in [4.78, 5) is 0.328. The van der Waals surface area contributed by atoms with Crippen LogP contribution in [-0.4, -0.2) is 21.0 Å². The highest BCUT2D eigenvalue weighted by Gasteiger charge is 2.31. The second kappa shape index (κ2) is 6.83. The third-order valence-electron chi connectivity index (χ3n) is 4.53. The van der Waals surface area contributed by atoms with Gasteiger partial charge in [-0.2, -0.15) is 0 Å². The maximum Gasteiger partial charge on any atom is 0.241 e. The van der Waals surface area contributed by atoms with Gasteiger partial charge in [0.05, 0.1) is 4.90 Å². The lowest BCUT2D eigenvalue weighted by molar-refractivity contribution is 0.453. The van der Waals surface area contributed by atoms with E-state index in [4.69, 9.17) is 5.73 Å². The lowest BCUT2D eigenvalue weighted by atomic mass is 10.1. The van der Waals surface area contributed by atoms with Gasteiger partial charge in [0.1, 0.15) is 0 Å². The lowest BCUT2D eigenvalue weighted by Gasteiger charge is -2.20. The van der Waals surface area contributed by atoms with Crippen LogP contribution in [0.2, 0.25) is 0 Å². The van der Waals surface area contributed by atoms with E-state index in [1.807, 2.05) is 42.5 Å². The molecular weight excluding hydrogens is 308 g/mol. The first-order chi connectivity index (χ1) is 11.1. The Morgan fingerprint density at radius 3 is 2.43 bits per heavy atom. The quantitative estimate of drug-likeness (QED) is 0.885. The molecule has 5 heteroatoms. The maximum atomic E-state index is 12.9. The van der Waals surface area contributed by atoms with Gasteiger partial charge < -0.3 is 5.73 Å². The van der Waals surface area contributed by atoms with Crippen molar-refractivity contribution in [2.45, 2.75) is 30.2 Å². The molecule has 0 aromatic heterocycles. The van der Waals surface area contributed by atoms with Crippen molar-refractivity contribution in [3.63, 3.8) is 0 Å². The molecule has 4 nitrogen and oxygen atoms in total. The first-order valence-corrected chi connectivity index (χ1v) is 9.47. The molecule has 0 aliphatic heterocycles. The van der Waals surface area contributed by atoms with Gasteiger partial charge >= 0.3 is 0 Å². The van der Waals surface area contributed by atoms with Gasteiger partial charge in [0.15, 0.2) is 0 Å². The van der Waals surface area contributed by atoms with Crippen molar-refractivity contribution in [3.8, 4) is 11.1 Å². The summed E-state index contributed by atoms with van der Waals surface area (Å²) in [5.74, 6) is 0.230. The van der Waals surface area contributed by atoms with E-state index in [1.54, 1.807) is 12.1 Å². The van der Waals surface area contributed by atoms with Crippen LogP contribution in [0.4, 0.5) is 0 Å². The van der Waals surface area contributed by atoms with Gasteiger partial charge in [0.25, 0.3) is 0 Å². The van der Waals surface area contributed by atoms with Crippen LogP contribution in [0.3, 0.4) is 0 Å². The average Bonchev–Trinajstić information content (AvgIpc) is 3.02. The van der Waals surface area contributed by atoms with Crippen molar-refractivity contribution in [1.29, 1.82) is 0 Å². The highest BCUT2D eigenvalue weighted by Crippen LogP contribution is 2.30. The zero-order valence-corrected chi connectivity index (χ0v) is 13.8. The minimum atomic E-state index is -3.57. The molecule has 2 aromatic rings. The first kappa shape index (κ1) is 16.2. The molecule has 2 unspecified atom stereocenters. The Hall–Kier alpha value is -1.69. The van der Waals surface area contributed by atoms with E-state index in [1.165, 1.54) is 0 Å². The van der Waals surface area contributed by atoms with Crippen molar-refractivity contribution in [1.82, 2.24) is 4.72 Å². The third-order valence-corrected chi connectivity index (χ3v) is 6.08. The van der Waals surface area contributed by atoms with Gasteiger partial charge in [-0.1, -0.05) is 55.0 Å². The summed E-state index contributed by atoms with van der Waals surface area (Å²) in [6, 6.07) is 16.7. The SMILES string of the molecule is NCC1CCCC1NS(=O)(=O)c1ccccc1-c1ccccc1. The van der Waals surface area contributed by atoms with Crippen molar-refractivity contribution in [3.05, 3.63) is 54.6 Å². The molecule has 3 rings (SSSR count). The Labute approximate surface area is 137 Å². The molecule has 0 saturated heterocycles. The smallest absolute Gasteiger partial charge is 0.241 e. The van der Waals surface area contributed by atoms with E-state index in [0.29, 0.717) is 11.4 Å². The number of hydrogen-bond acceptors (Lipinski definition) is 3. The highest BCUT2D eigenvalue weighted by molar-refractivity contribution is 7.89. The maximum absolute atomic E-state index is 12.9. The van der Waals surface area contributed by atoms with Crippen molar-refractivity contribution in [2.75, 3.05) is 6.54 Å². The fourth-order valence-electron chi connectivity index (χ4n) is 3.29. The van der Waals surface area contributed by atoms with Crippen LogP contribution in [0.25, 0.3) is 11.1 Å². The molecular formula is C18H22N2O2S. The van der Waals surface area contributed by atoms with Gasteiger partial charge in [-0.15, -0.1) is 0 Å². The van der Waals surface area contributed by atoms with Gasteiger partial charge in [-0.05, 0) is 36.9 Å². The van der Waals surface area contributed by atoms with Gasteiger partial charge in [-0.25, -0.2) is 13.1 Å². The molecule has 3 N–H and O–H groups in total. The third kappa shape index (κ3) is 3.47. The summed E-state index contributed by atoms with van der Waals surface area (Å²) in [6.45, 7) is 0.521. The predicted octanol–water partition coefficient (Wildman–Crippen LogP) is 2.76. The Bertz CT molecular complexity index is 760. The molecule has 0 heterocycles. The number of benzene rings is 2. The van der Waals surface area contributed by atoms with Crippen LogP contribution in [-0.2, 0) is 10.0 Å². The van der Waals surface area contributed by atoms with Crippen molar-refractivity contribution < 1.29 is 8.42 Å². The van der Waals surface area contributed by atoms with Gasteiger partial charge in [0, 0.05) is 11.6 Å². The lowest BCUT2D eigenvalue weighted by Crippen LogP contribution is -2.39. The van der Waals surface area contributed by atoms with Crippen LogP contribution in [0, 0.1) is 5.92 Å². The molecule has 0 spiro atoms. The van der Waals surface area contributed by atoms with Crippen LogP contribution in [0.1, 0.15) is 19.3 Å². The van der Waals surface area contributed by atoms with E-state index < -0.39 is 10.0 Å². The normalized spacial score (nSPS) is 21.4. The van der Waals surface area contributed by atoms with Gasteiger partial charge in [-0.3, -0.25) is 0 Å². The molecule has 2 aromatic carbocycles. The molecule has 122 valence electrons. The van der Waals surface area contributed by atoms with Crippen molar-refractivity contribution >= 4 is 10.0 Å². The summed E-state index contributed by atoms with van der Waals surface area (Å²) in [6.07, 6.45) is 2.87. The Balaban J connectivity index is 1.95. The molecule has 2 atom stereocenters. The fourth-order valence-corrected chi connectivity index (χ4v) is 4.86. The molecule has 1 aliphatic carbocycles. The minimum Gasteiger partial charge on any atom is -0.330 e. The van der Waals surface area contributed by atoms with E-state index in [2.05, 4.69) is 4.72 Å². The van der Waals surface area contributed by atoms with Crippen LogP contribution >= 0.6 is 0 Å². The topological polar surface area (TPSA) is 72.2 Å². The molecule has 1 aliphatic rings. The molecule has 23 heavy (non-hydrogen) atoms. The monoisotopic (exact) mass is 330 g/mol. The number of hydrogen-bond donors (Lipinski definition) is 2. The number of rotatable bonds is 5. The minimum absolute atomic E-state index is 0.0613. The van der Waals surface area contributed by atoms with Crippen LogP contribution in [0.15, 0.2) is 59.5 Å². The Morgan fingerprint density at radius 2 is 1.70 bits per heavy atom. The first-order valence-electron chi connectivity index (χ1n) is 7.98. The molecule has 1 saturated carbocycles. The zero-order chi connectivity index (χ0) is 16.3. The molecule has 0 bridgehead atoms. The average molecular weight is 330 g/mol. The van der Waals surface area contributed by atoms with Crippen LogP contribution < -0.4 is 10.5 Å². The van der Waals surface area contributed by atoms with Crippen molar-refractivity contribution in [2.24, 2.45) is 11.7 Å². The highest BCUT2D eigenvalue weighted by atomic mass is 32.2. The predicted molar refractivity (Wildman–Crippen MR) is 92.4 cm³/mol. The zero-order valence-electron chi connectivity index (χ0n) is 13.0. The van der Waals surface area contributed by atoms with E-state index in [9.17, 15) is 8.42 Å². The summed E-state index contributed by atoms with van der Waals surface area (Å²) < 4.78 is 28.7. The van der Waals surface area contributed by atoms with E-state index in [-0.39, 0.29) is 12.0 Å². The second-order valence-corrected chi connectivity index (χ2v) is 7.70. The molecule has 0 radical (unpaired) electrons. The number of sulfonamides is 1. The molecule has 1 fully saturated rings. The number of nitrogens with one attached hydrogen (secondary N) is 1. The Morgan fingerprint density at radius 1 is 1.00 bits per heavy atom. The van der Waals surface area contributed by atoms with Gasteiger partial charge in [0.2, 0.25) is 10.0 Å². The van der Waals surface area contributed by atoms with E-state index >= 15 is 0 Å². The fraction of sp³-hybridized carbons (Fsp3) is 0.333. The standard InChI is InChI=1S/C18H22N2O2S/c19-13-15-9-6-11-17(15)20-23(21,22)18-12-5-4-10-16(18)14-7-2-1-3-8-14/h1-5,7-8,10,12,15,17,20H,6,9,11,13,19H2. The number of nitrogens with two attached hydrogens (primary N) is 1. The van der Waals surface area contributed by atoms with E-state index in [0.717, 1.165) is 30.4 Å². The largest absolute Gasteiger partial charge is 0.330 e. The molecule has 0 amide bonds. The second-order valence-electron chi connectivity index (χ2n) is 6.02. The Kier molecular flexibility index (Phi) is 4.80. The summed E-state index contributed by atoms with van der Waals surface area (Å²) in [5, 5.41) is 0. The summed E-state index contributed by atoms with van der Waals surface area (Å²) in [7, 11) is -3.57. The van der Waals surface area contributed by atoms with Crippen LogP contribution in [0.5, 0.6) is 0 Å².